The number of rotatable bonds is 3. The molecule has 2 nitrogen and oxygen atoms in total. The molecule has 0 unspecified atom stereocenters. The third-order valence-corrected chi connectivity index (χ3v) is 4.74. The van der Waals surface area contributed by atoms with Gasteiger partial charge in [-0.25, -0.2) is 0 Å². The molecule has 19 heavy (non-hydrogen) atoms. The molecule has 0 bridgehead atoms. The van der Waals surface area contributed by atoms with Crippen LogP contribution in [0.4, 0.5) is 0 Å². The number of nitrogens with zero attached hydrogens (tertiary/aromatic N) is 1. The molecule has 1 heterocycles. The highest BCUT2D eigenvalue weighted by atomic mass is 79.9. The zero-order chi connectivity index (χ0) is 13.4. The Morgan fingerprint density at radius 1 is 1.16 bits per heavy atom. The van der Waals surface area contributed by atoms with E-state index in [4.69, 9.17) is 4.74 Å². The van der Waals surface area contributed by atoms with Gasteiger partial charge in [0, 0.05) is 24.1 Å². The minimum atomic E-state index is 0.383. The van der Waals surface area contributed by atoms with E-state index in [0.717, 1.165) is 24.9 Å². The first kappa shape index (κ1) is 13.6. The predicted octanol–water partition coefficient (Wildman–Crippen LogP) is 3.66. The Morgan fingerprint density at radius 2 is 1.79 bits per heavy atom. The molecule has 4 atom stereocenters. The molecule has 1 aromatic rings. The average molecular weight is 324 g/mol. The van der Waals surface area contributed by atoms with Gasteiger partial charge in [-0.2, -0.15) is 0 Å². The van der Waals surface area contributed by atoms with Crippen LogP contribution in [0.1, 0.15) is 31.7 Å². The lowest BCUT2D eigenvalue weighted by atomic mass is 10.1. The third kappa shape index (κ3) is 3.39. The molecule has 2 aliphatic rings. The van der Waals surface area contributed by atoms with Crippen LogP contribution in [0.3, 0.4) is 0 Å². The largest absolute Gasteiger partial charge is 0.373 e. The highest BCUT2D eigenvalue weighted by Gasteiger charge is 2.40. The Bertz CT molecular complexity index is 423. The van der Waals surface area contributed by atoms with E-state index in [1.54, 1.807) is 0 Å². The van der Waals surface area contributed by atoms with Crippen molar-refractivity contribution in [3.05, 3.63) is 34.3 Å². The lowest BCUT2D eigenvalue weighted by Gasteiger charge is -2.35. The predicted molar refractivity (Wildman–Crippen MR) is 81.4 cm³/mol. The molecule has 3 rings (SSSR count). The second kappa shape index (κ2) is 5.55. The maximum atomic E-state index is 5.80. The van der Waals surface area contributed by atoms with Crippen molar-refractivity contribution in [2.45, 2.75) is 38.4 Å². The van der Waals surface area contributed by atoms with Crippen molar-refractivity contribution in [2.75, 3.05) is 19.6 Å². The normalized spacial score (nSPS) is 35.3. The third-order valence-electron chi connectivity index (χ3n) is 4.21. The van der Waals surface area contributed by atoms with E-state index >= 15 is 0 Å². The SMILES string of the molecule is C[C@@H]1CN(C[C@@H]2C[C@@H]2c2ccc(Br)cc2)C[C@@H](C)O1. The Balaban J connectivity index is 1.54. The van der Waals surface area contributed by atoms with Gasteiger partial charge in [-0.3, -0.25) is 4.90 Å². The van der Waals surface area contributed by atoms with Crippen molar-refractivity contribution in [3.8, 4) is 0 Å². The van der Waals surface area contributed by atoms with E-state index in [9.17, 15) is 0 Å². The first-order valence-corrected chi connectivity index (χ1v) is 8.04. The van der Waals surface area contributed by atoms with Crippen LogP contribution >= 0.6 is 15.9 Å². The Hall–Kier alpha value is -0.380. The van der Waals surface area contributed by atoms with E-state index in [-0.39, 0.29) is 0 Å². The number of hydrogen-bond donors (Lipinski definition) is 0. The fourth-order valence-electron chi connectivity index (χ4n) is 3.33. The van der Waals surface area contributed by atoms with E-state index in [1.165, 1.54) is 23.0 Å². The monoisotopic (exact) mass is 323 g/mol. The number of hydrogen-bond acceptors (Lipinski definition) is 2. The molecule has 3 heteroatoms. The lowest BCUT2D eigenvalue weighted by Crippen LogP contribution is -2.46. The standard InChI is InChI=1S/C16H22BrNO/c1-11-8-18(9-12(2)19-11)10-14-7-16(14)13-3-5-15(17)6-4-13/h3-6,11-12,14,16H,7-10H2,1-2H3/t11-,12-,14+,16-/m1/s1. The van der Waals surface area contributed by atoms with E-state index in [2.05, 4.69) is 58.9 Å². The fourth-order valence-corrected chi connectivity index (χ4v) is 3.60. The molecule has 1 aromatic carbocycles. The lowest BCUT2D eigenvalue weighted by molar-refractivity contribution is -0.0690. The Labute approximate surface area is 124 Å². The maximum absolute atomic E-state index is 5.80. The quantitative estimate of drug-likeness (QED) is 0.841. The van der Waals surface area contributed by atoms with Crippen molar-refractivity contribution < 1.29 is 4.74 Å². The van der Waals surface area contributed by atoms with Crippen LogP contribution in [0, 0.1) is 5.92 Å². The highest BCUT2D eigenvalue weighted by Crippen LogP contribution is 2.48. The van der Waals surface area contributed by atoms with Gasteiger partial charge in [0.2, 0.25) is 0 Å². The van der Waals surface area contributed by atoms with Crippen LogP contribution in [0.25, 0.3) is 0 Å². The summed E-state index contributed by atoms with van der Waals surface area (Å²) in [4.78, 5) is 2.59. The van der Waals surface area contributed by atoms with Crippen LogP contribution in [0.2, 0.25) is 0 Å². The molecule has 104 valence electrons. The first-order valence-electron chi connectivity index (χ1n) is 7.25. The molecule has 0 radical (unpaired) electrons. The summed E-state index contributed by atoms with van der Waals surface area (Å²) in [7, 11) is 0. The second-order valence-electron chi connectivity index (χ2n) is 6.13. The molecule has 2 fully saturated rings. The van der Waals surface area contributed by atoms with Gasteiger partial charge in [-0.1, -0.05) is 28.1 Å². The molecule has 0 aromatic heterocycles. The van der Waals surface area contributed by atoms with Gasteiger partial charge in [-0.15, -0.1) is 0 Å². The van der Waals surface area contributed by atoms with E-state index in [1.807, 2.05) is 0 Å². The molecule has 1 aliphatic carbocycles. The van der Waals surface area contributed by atoms with Crippen LogP contribution < -0.4 is 0 Å². The van der Waals surface area contributed by atoms with Gasteiger partial charge < -0.3 is 4.74 Å². The van der Waals surface area contributed by atoms with Gasteiger partial charge in [0.05, 0.1) is 12.2 Å². The molecule has 1 saturated carbocycles. The minimum absolute atomic E-state index is 0.383. The van der Waals surface area contributed by atoms with Crippen molar-refractivity contribution in [2.24, 2.45) is 5.92 Å². The fraction of sp³-hybridized carbons (Fsp3) is 0.625. The van der Waals surface area contributed by atoms with Gasteiger partial charge >= 0.3 is 0 Å². The number of benzene rings is 1. The van der Waals surface area contributed by atoms with E-state index in [0.29, 0.717) is 12.2 Å². The highest BCUT2D eigenvalue weighted by molar-refractivity contribution is 9.10. The van der Waals surface area contributed by atoms with Crippen LogP contribution in [0.5, 0.6) is 0 Å². The minimum Gasteiger partial charge on any atom is -0.373 e. The molecular weight excluding hydrogens is 302 g/mol. The van der Waals surface area contributed by atoms with Gasteiger partial charge in [0.1, 0.15) is 0 Å². The first-order chi connectivity index (χ1) is 9.11. The van der Waals surface area contributed by atoms with Gasteiger partial charge in [0.15, 0.2) is 0 Å². The van der Waals surface area contributed by atoms with Crippen molar-refractivity contribution in [1.82, 2.24) is 4.90 Å². The zero-order valence-electron chi connectivity index (χ0n) is 11.7. The van der Waals surface area contributed by atoms with Gasteiger partial charge in [0.25, 0.3) is 0 Å². The van der Waals surface area contributed by atoms with Crippen molar-refractivity contribution in [3.63, 3.8) is 0 Å². The molecule has 0 N–H and O–H groups in total. The summed E-state index contributed by atoms with van der Waals surface area (Å²) in [6, 6.07) is 8.84. The molecule has 0 spiro atoms. The summed E-state index contributed by atoms with van der Waals surface area (Å²) in [5, 5.41) is 0. The summed E-state index contributed by atoms with van der Waals surface area (Å²) in [6.45, 7) is 7.78. The van der Waals surface area contributed by atoms with Gasteiger partial charge in [-0.05, 0) is 49.8 Å². The summed E-state index contributed by atoms with van der Waals surface area (Å²) >= 11 is 3.50. The van der Waals surface area contributed by atoms with Crippen LogP contribution in [0.15, 0.2) is 28.7 Å². The maximum Gasteiger partial charge on any atom is 0.0678 e. The summed E-state index contributed by atoms with van der Waals surface area (Å²) in [6.07, 6.45) is 2.11. The number of halogens is 1. The Morgan fingerprint density at radius 3 is 2.42 bits per heavy atom. The topological polar surface area (TPSA) is 12.5 Å². The van der Waals surface area contributed by atoms with Crippen LogP contribution in [-0.2, 0) is 4.74 Å². The molecule has 0 amide bonds. The van der Waals surface area contributed by atoms with Crippen molar-refractivity contribution in [1.29, 1.82) is 0 Å². The summed E-state index contributed by atoms with van der Waals surface area (Å²) in [5.41, 5.74) is 1.50. The summed E-state index contributed by atoms with van der Waals surface area (Å²) in [5.74, 6) is 1.63. The molecule has 1 saturated heterocycles. The van der Waals surface area contributed by atoms with E-state index < -0.39 is 0 Å². The molecule has 1 aliphatic heterocycles. The van der Waals surface area contributed by atoms with Crippen LogP contribution in [-0.4, -0.2) is 36.7 Å². The number of morpholine rings is 1. The zero-order valence-corrected chi connectivity index (χ0v) is 13.3. The van der Waals surface area contributed by atoms with Crippen molar-refractivity contribution >= 4 is 15.9 Å². The Kier molecular flexibility index (Phi) is 3.97. The number of ether oxygens (including phenoxy) is 1. The smallest absolute Gasteiger partial charge is 0.0678 e. The average Bonchev–Trinajstić information content (AvgIpc) is 3.08. The molecular formula is C16H22BrNO. The summed E-state index contributed by atoms with van der Waals surface area (Å²) < 4.78 is 6.97. The second-order valence-corrected chi connectivity index (χ2v) is 7.05.